The molecule has 0 amide bonds. The van der Waals surface area contributed by atoms with Crippen molar-refractivity contribution in [3.8, 4) is 5.69 Å². The third-order valence-corrected chi connectivity index (χ3v) is 3.96. The Hall–Kier alpha value is -0.814. The van der Waals surface area contributed by atoms with Crippen molar-refractivity contribution in [2.45, 2.75) is 13.8 Å². The summed E-state index contributed by atoms with van der Waals surface area (Å²) in [5.41, 5.74) is 6.06. The smallest absolute Gasteiger partial charge is 0.309 e. The van der Waals surface area contributed by atoms with E-state index in [9.17, 15) is 0 Å². The Balaban J connectivity index is 0.000000526. The average Bonchev–Trinajstić information content (AvgIpc) is 2.89. The Morgan fingerprint density at radius 3 is 1.67 bits per heavy atom. The first-order valence-corrected chi connectivity index (χ1v) is 15.6. The fourth-order valence-corrected chi connectivity index (χ4v) is 3.20. The van der Waals surface area contributed by atoms with E-state index < -0.39 is 0 Å². The number of halogens is 2. The zero-order valence-electron chi connectivity index (χ0n) is 13.7. The summed E-state index contributed by atoms with van der Waals surface area (Å²) in [6, 6.07) is 25.0. The highest BCUT2D eigenvalue weighted by molar-refractivity contribution is 9.47. The Labute approximate surface area is 164 Å². The van der Waals surface area contributed by atoms with Crippen LogP contribution in [-0.4, -0.2) is 20.6 Å². The van der Waals surface area contributed by atoms with Gasteiger partial charge in [0.25, 0.3) is 0 Å². The predicted octanol–water partition coefficient (Wildman–Crippen LogP) is 6.51. The molecule has 4 heteroatoms. The average molecular weight is 454 g/mol. The molecule has 1 nitrogen and oxygen atoms in total. The molecule has 24 heavy (non-hydrogen) atoms. The minimum Gasteiger partial charge on any atom is -0.309 e. The van der Waals surface area contributed by atoms with Crippen molar-refractivity contribution in [3.63, 3.8) is 0 Å². The van der Waals surface area contributed by atoms with Gasteiger partial charge in [-0.1, -0.05) is 36.4 Å². The summed E-state index contributed by atoms with van der Waals surface area (Å²) in [6.45, 7) is 4.20. The van der Waals surface area contributed by atoms with Gasteiger partial charge in [0, 0.05) is 16.5 Å². The molecule has 0 saturated carbocycles. The molecule has 0 fully saturated rings. The normalized spacial score (nSPS) is 10.3. The van der Waals surface area contributed by atoms with Crippen LogP contribution in [-0.2, 0) is 0 Å². The number of nitrogens with zero attached hydrogens (tertiary/aromatic N) is 1. The molecule has 0 aliphatic heterocycles. The van der Waals surface area contributed by atoms with Crippen LogP contribution in [0, 0.1) is 19.9 Å². The van der Waals surface area contributed by atoms with Crippen molar-refractivity contribution in [2.24, 2.45) is 0 Å². The lowest BCUT2D eigenvalue weighted by atomic mass is 10.1. The topological polar surface area (TPSA) is 4.93 Å². The van der Waals surface area contributed by atoms with Gasteiger partial charge in [0.15, 0.2) is 0 Å². The maximum absolute atomic E-state index is 3.36. The van der Waals surface area contributed by atoms with E-state index in [2.05, 4.69) is 111 Å². The number of hydrogen-bond acceptors (Lipinski definition) is 0. The van der Waals surface area contributed by atoms with Crippen LogP contribution >= 0.6 is 25.8 Å². The van der Waals surface area contributed by atoms with Crippen molar-refractivity contribution in [1.29, 1.82) is 0 Å². The molecule has 0 saturated heterocycles. The summed E-state index contributed by atoms with van der Waals surface area (Å²) in [4.78, 5) is 0. The molecule has 1 aromatic heterocycles. The highest BCUT2D eigenvalue weighted by Crippen LogP contribution is 2.32. The van der Waals surface area contributed by atoms with Crippen LogP contribution in [0.1, 0.15) is 11.1 Å². The molecule has 0 bridgehead atoms. The second-order valence-corrected chi connectivity index (χ2v) is 13.8. The van der Waals surface area contributed by atoms with Gasteiger partial charge in [0.05, 0.1) is 11.0 Å². The van der Waals surface area contributed by atoms with Crippen LogP contribution in [0.25, 0.3) is 27.5 Å². The number of aryl methyl sites for hydroxylation is 2. The molecule has 3 aromatic carbocycles. The largest absolute Gasteiger partial charge is 0.560 e. The Morgan fingerprint density at radius 1 is 0.792 bits per heavy atom. The van der Waals surface area contributed by atoms with Gasteiger partial charge >= 0.3 is 16.0 Å². The third kappa shape index (κ3) is 3.57. The van der Waals surface area contributed by atoms with E-state index >= 15 is 0 Å². The molecule has 1 heterocycles. The van der Waals surface area contributed by atoms with Crippen molar-refractivity contribution in [3.05, 3.63) is 77.9 Å². The molecular weight excluding hydrogens is 438 g/mol. The maximum Gasteiger partial charge on any atom is 0.560 e. The van der Waals surface area contributed by atoms with Crippen LogP contribution < -0.4 is 0 Å². The first-order valence-electron chi connectivity index (χ1n) is 7.76. The first kappa shape index (κ1) is 18.0. The Kier molecular flexibility index (Phi) is 6.03. The zero-order chi connectivity index (χ0) is 17.1. The van der Waals surface area contributed by atoms with Crippen LogP contribution in [0.4, 0.5) is 0 Å². The lowest BCUT2D eigenvalue weighted by Crippen LogP contribution is -1.95. The van der Waals surface area contributed by atoms with Crippen LogP contribution in [0.3, 0.4) is 0 Å². The van der Waals surface area contributed by atoms with Crippen molar-refractivity contribution in [2.75, 3.05) is 0 Å². The number of benzene rings is 3. The molecule has 0 aliphatic rings. The van der Waals surface area contributed by atoms with Crippen LogP contribution in [0.5, 0.6) is 0 Å². The van der Waals surface area contributed by atoms with E-state index in [-0.39, 0.29) is 16.0 Å². The summed E-state index contributed by atoms with van der Waals surface area (Å²) in [5, 5.41) is 2.60. The minimum absolute atomic E-state index is 0.0417. The second kappa shape index (κ2) is 8.04. The van der Waals surface area contributed by atoms with E-state index in [1.165, 1.54) is 38.6 Å². The number of para-hydroxylation sites is 2. The van der Waals surface area contributed by atoms with Crippen molar-refractivity contribution < 1.29 is 0 Å². The van der Waals surface area contributed by atoms with Gasteiger partial charge in [-0.2, -0.15) is 0 Å². The fraction of sp³-hybridized carbons (Fsp3) is 0.100. The van der Waals surface area contributed by atoms with Crippen LogP contribution in [0.2, 0.25) is 0 Å². The summed E-state index contributed by atoms with van der Waals surface area (Å²) in [7, 11) is 0. The minimum atomic E-state index is 0.0417. The first-order chi connectivity index (χ1) is 11.7. The van der Waals surface area contributed by atoms with E-state index in [4.69, 9.17) is 0 Å². The molecule has 0 spiro atoms. The van der Waals surface area contributed by atoms with E-state index in [1.807, 2.05) is 0 Å². The highest BCUT2D eigenvalue weighted by Gasteiger charge is 2.11. The van der Waals surface area contributed by atoms with Gasteiger partial charge in [0.1, 0.15) is 0 Å². The van der Waals surface area contributed by atoms with Gasteiger partial charge < -0.3 is 4.57 Å². The standard InChI is InChI=1S/C20H16N.2BrH.Mg/c1-14-11-15(2)13-16(12-14)21-19-9-5-3-7-17(19)18-8-4-6-10-20(18)21;;;/h3-10,12-13H,1-2H3;2*1H;/q;;;+2/p-2. The number of fused-ring (bicyclic) bond motifs is 3. The van der Waals surface area contributed by atoms with Gasteiger partial charge in [-0.15, -0.1) is 0 Å². The highest BCUT2D eigenvalue weighted by atomic mass is 79.9. The van der Waals surface area contributed by atoms with E-state index in [0.717, 1.165) is 0 Å². The van der Waals surface area contributed by atoms with E-state index in [0.29, 0.717) is 0 Å². The van der Waals surface area contributed by atoms with Gasteiger partial charge in [-0.05, 0) is 55.3 Å². The number of aromatic nitrogens is 1. The molecule has 0 aliphatic carbocycles. The molecule has 0 unspecified atom stereocenters. The summed E-state index contributed by atoms with van der Waals surface area (Å²) in [6.07, 6.45) is 0. The monoisotopic (exact) mass is 452 g/mol. The van der Waals surface area contributed by atoms with Crippen molar-refractivity contribution in [1.82, 2.24) is 4.57 Å². The number of hydrogen-bond donors (Lipinski definition) is 0. The quantitative estimate of drug-likeness (QED) is 0.289. The van der Waals surface area contributed by atoms with Gasteiger partial charge in [-0.25, -0.2) is 0 Å². The molecule has 117 valence electrons. The Bertz CT molecular complexity index is 918. The predicted molar refractivity (Wildman–Crippen MR) is 113 cm³/mol. The van der Waals surface area contributed by atoms with Crippen LogP contribution in [0.15, 0.2) is 60.7 Å². The lowest BCUT2D eigenvalue weighted by molar-refractivity contribution is 1.16. The lowest BCUT2D eigenvalue weighted by Gasteiger charge is -2.09. The van der Waals surface area contributed by atoms with Gasteiger partial charge in [0.2, 0.25) is 0 Å². The molecule has 0 atom stereocenters. The molecule has 4 aromatic rings. The molecular formula is C20H16Br2MgN. The third-order valence-electron chi connectivity index (χ3n) is 3.96. The summed E-state index contributed by atoms with van der Waals surface area (Å²) < 4.78 is 2.35. The molecule has 0 N–H and O–H groups in total. The van der Waals surface area contributed by atoms with E-state index in [1.54, 1.807) is 0 Å². The molecule has 1 radical (unpaired) electrons. The summed E-state index contributed by atoms with van der Waals surface area (Å²) in [5.74, 6) is 0. The molecule has 4 rings (SSSR count). The second-order valence-electron chi connectivity index (χ2n) is 5.68. The Morgan fingerprint density at radius 2 is 1.21 bits per heavy atom. The fourth-order valence-electron chi connectivity index (χ4n) is 3.20. The summed E-state index contributed by atoms with van der Waals surface area (Å²) >= 11 is 6.44. The SMILES string of the molecule is Cc1[c]c(C)cc(-n2c3ccccc3c3ccccc32)c1.[Br][Mg][Br]. The maximum atomic E-state index is 3.36. The van der Waals surface area contributed by atoms with Crippen molar-refractivity contribution >= 4 is 63.6 Å². The zero-order valence-corrected chi connectivity index (χ0v) is 18.3. The van der Waals surface area contributed by atoms with Gasteiger partial charge in [-0.3, -0.25) is 25.8 Å². The number of rotatable bonds is 1.